The molecule has 1 unspecified atom stereocenters. The number of benzene rings is 1. The standard InChI is InChI=1S/C13H18N2O3.ClH/c1-13(2,8-14)15-12(16)11-7-17-9-5-3-4-6-10(9)18-11;/h3-6,11H,7-8,14H2,1-2H3,(H,15,16);1H. The van der Waals surface area contributed by atoms with Crippen LogP contribution in [0.15, 0.2) is 24.3 Å². The summed E-state index contributed by atoms with van der Waals surface area (Å²) in [5, 5.41) is 2.84. The van der Waals surface area contributed by atoms with Crippen molar-refractivity contribution in [3.8, 4) is 11.5 Å². The van der Waals surface area contributed by atoms with Crippen LogP contribution in [0.25, 0.3) is 0 Å². The number of nitrogens with two attached hydrogens (primary N) is 1. The van der Waals surface area contributed by atoms with Gasteiger partial charge in [0.2, 0.25) is 6.10 Å². The van der Waals surface area contributed by atoms with Gasteiger partial charge in [-0.15, -0.1) is 12.4 Å². The Morgan fingerprint density at radius 3 is 2.68 bits per heavy atom. The van der Waals surface area contributed by atoms with Crippen molar-refractivity contribution in [1.29, 1.82) is 0 Å². The highest BCUT2D eigenvalue weighted by Crippen LogP contribution is 2.30. The number of hydrogen-bond donors (Lipinski definition) is 2. The second-order valence-corrected chi connectivity index (χ2v) is 4.94. The average Bonchev–Trinajstić information content (AvgIpc) is 2.37. The van der Waals surface area contributed by atoms with Crippen LogP contribution in [0.3, 0.4) is 0 Å². The van der Waals surface area contributed by atoms with Gasteiger partial charge in [0.1, 0.15) is 6.61 Å². The van der Waals surface area contributed by atoms with Gasteiger partial charge in [-0.25, -0.2) is 0 Å². The number of rotatable bonds is 3. The summed E-state index contributed by atoms with van der Waals surface area (Å²) in [7, 11) is 0. The predicted molar refractivity (Wildman–Crippen MR) is 74.9 cm³/mol. The van der Waals surface area contributed by atoms with Crippen molar-refractivity contribution in [2.24, 2.45) is 5.73 Å². The molecule has 0 bridgehead atoms. The summed E-state index contributed by atoms with van der Waals surface area (Å²) < 4.78 is 11.1. The molecule has 1 amide bonds. The monoisotopic (exact) mass is 286 g/mol. The van der Waals surface area contributed by atoms with E-state index in [-0.39, 0.29) is 24.9 Å². The molecule has 1 aliphatic rings. The van der Waals surface area contributed by atoms with E-state index in [9.17, 15) is 4.79 Å². The molecule has 19 heavy (non-hydrogen) atoms. The Morgan fingerprint density at radius 1 is 1.42 bits per heavy atom. The third kappa shape index (κ3) is 3.75. The van der Waals surface area contributed by atoms with Crippen LogP contribution in [0.5, 0.6) is 11.5 Å². The molecule has 1 aromatic rings. The van der Waals surface area contributed by atoms with Gasteiger partial charge in [-0.3, -0.25) is 4.79 Å². The van der Waals surface area contributed by atoms with E-state index in [0.29, 0.717) is 18.0 Å². The fraction of sp³-hybridized carbons (Fsp3) is 0.462. The summed E-state index contributed by atoms with van der Waals surface area (Å²) in [6, 6.07) is 7.29. The molecule has 0 radical (unpaired) electrons. The van der Waals surface area contributed by atoms with E-state index in [1.165, 1.54) is 0 Å². The molecule has 106 valence electrons. The number of nitrogens with one attached hydrogen (secondary N) is 1. The van der Waals surface area contributed by atoms with Crippen molar-refractivity contribution in [2.75, 3.05) is 13.2 Å². The topological polar surface area (TPSA) is 73.6 Å². The summed E-state index contributed by atoms with van der Waals surface area (Å²) >= 11 is 0. The molecule has 0 saturated carbocycles. The smallest absolute Gasteiger partial charge is 0.265 e. The summed E-state index contributed by atoms with van der Waals surface area (Å²) in [4.78, 5) is 12.0. The van der Waals surface area contributed by atoms with E-state index in [1.807, 2.05) is 32.0 Å². The van der Waals surface area contributed by atoms with Gasteiger partial charge in [0.05, 0.1) is 0 Å². The fourth-order valence-corrected chi connectivity index (χ4v) is 1.61. The van der Waals surface area contributed by atoms with Crippen LogP contribution < -0.4 is 20.5 Å². The number of fused-ring (bicyclic) bond motifs is 1. The molecule has 0 saturated heterocycles. The van der Waals surface area contributed by atoms with Gasteiger partial charge < -0.3 is 20.5 Å². The maximum atomic E-state index is 12.0. The molecule has 2 rings (SSSR count). The zero-order chi connectivity index (χ0) is 13.2. The van der Waals surface area contributed by atoms with Gasteiger partial charge in [0.15, 0.2) is 11.5 Å². The number of carbonyl (C=O) groups is 1. The molecule has 0 aromatic heterocycles. The van der Waals surface area contributed by atoms with E-state index in [0.717, 1.165) is 0 Å². The Kier molecular flexibility index (Phi) is 5.03. The lowest BCUT2D eigenvalue weighted by Crippen LogP contribution is -2.54. The third-order valence-corrected chi connectivity index (χ3v) is 2.77. The Bertz CT molecular complexity index is 451. The minimum atomic E-state index is -0.634. The highest BCUT2D eigenvalue weighted by Gasteiger charge is 2.30. The molecule has 1 aromatic carbocycles. The van der Waals surface area contributed by atoms with E-state index >= 15 is 0 Å². The van der Waals surface area contributed by atoms with Crippen molar-refractivity contribution in [3.05, 3.63) is 24.3 Å². The molecule has 6 heteroatoms. The number of halogens is 1. The minimum absolute atomic E-state index is 0. The van der Waals surface area contributed by atoms with E-state index < -0.39 is 11.6 Å². The van der Waals surface area contributed by atoms with Crippen LogP contribution in [0.4, 0.5) is 0 Å². The van der Waals surface area contributed by atoms with E-state index in [1.54, 1.807) is 6.07 Å². The van der Waals surface area contributed by atoms with Gasteiger partial charge in [-0.05, 0) is 26.0 Å². The largest absolute Gasteiger partial charge is 0.485 e. The van der Waals surface area contributed by atoms with Crippen molar-refractivity contribution in [2.45, 2.75) is 25.5 Å². The first-order valence-electron chi connectivity index (χ1n) is 5.92. The van der Waals surface area contributed by atoms with E-state index in [4.69, 9.17) is 15.2 Å². The Morgan fingerprint density at radius 2 is 2.05 bits per heavy atom. The summed E-state index contributed by atoms with van der Waals surface area (Å²) in [5.41, 5.74) is 5.13. The first-order valence-corrected chi connectivity index (χ1v) is 5.92. The van der Waals surface area contributed by atoms with Crippen molar-refractivity contribution >= 4 is 18.3 Å². The van der Waals surface area contributed by atoms with Gasteiger partial charge in [0.25, 0.3) is 5.91 Å². The molecule has 0 aliphatic carbocycles. The second-order valence-electron chi connectivity index (χ2n) is 4.94. The number of ether oxygens (including phenoxy) is 2. The second kappa shape index (κ2) is 6.12. The van der Waals surface area contributed by atoms with Crippen LogP contribution >= 0.6 is 12.4 Å². The number of hydrogen-bond acceptors (Lipinski definition) is 4. The maximum absolute atomic E-state index is 12.0. The molecule has 0 spiro atoms. The SMILES string of the molecule is CC(C)(CN)NC(=O)C1COc2ccccc2O1.Cl. The van der Waals surface area contributed by atoms with Gasteiger partial charge >= 0.3 is 0 Å². The normalized spacial score (nSPS) is 17.3. The number of carbonyl (C=O) groups excluding carboxylic acids is 1. The zero-order valence-corrected chi connectivity index (χ0v) is 11.8. The van der Waals surface area contributed by atoms with Crippen LogP contribution in [-0.2, 0) is 4.79 Å². The van der Waals surface area contributed by atoms with Crippen molar-refractivity contribution in [3.63, 3.8) is 0 Å². The van der Waals surface area contributed by atoms with Crippen LogP contribution in [-0.4, -0.2) is 30.7 Å². The third-order valence-electron chi connectivity index (χ3n) is 2.77. The molecule has 1 atom stereocenters. The quantitative estimate of drug-likeness (QED) is 0.873. The molecule has 1 heterocycles. The van der Waals surface area contributed by atoms with Crippen LogP contribution in [0.1, 0.15) is 13.8 Å². The molecule has 3 N–H and O–H groups in total. The summed E-state index contributed by atoms with van der Waals surface area (Å²) in [5.74, 6) is 1.05. The van der Waals surface area contributed by atoms with Crippen molar-refractivity contribution < 1.29 is 14.3 Å². The van der Waals surface area contributed by atoms with Gasteiger partial charge in [-0.1, -0.05) is 12.1 Å². The van der Waals surface area contributed by atoms with Crippen LogP contribution in [0.2, 0.25) is 0 Å². The van der Waals surface area contributed by atoms with E-state index in [2.05, 4.69) is 5.32 Å². The molecule has 5 nitrogen and oxygen atoms in total. The molecule has 0 fully saturated rings. The number of para-hydroxylation sites is 2. The lowest BCUT2D eigenvalue weighted by molar-refractivity contribution is -0.131. The average molecular weight is 287 g/mol. The Labute approximate surface area is 118 Å². The first-order chi connectivity index (χ1) is 8.52. The van der Waals surface area contributed by atoms with Crippen molar-refractivity contribution in [1.82, 2.24) is 5.32 Å². The Balaban J connectivity index is 0.00000180. The summed E-state index contributed by atoms with van der Waals surface area (Å²) in [6.07, 6.45) is -0.634. The lowest BCUT2D eigenvalue weighted by Gasteiger charge is -2.30. The van der Waals surface area contributed by atoms with Gasteiger partial charge in [0, 0.05) is 12.1 Å². The predicted octanol–water partition coefficient (Wildman–Crippen LogP) is 1.10. The van der Waals surface area contributed by atoms with Crippen LogP contribution in [0, 0.1) is 0 Å². The number of amides is 1. The fourth-order valence-electron chi connectivity index (χ4n) is 1.61. The Hall–Kier alpha value is -1.46. The zero-order valence-electron chi connectivity index (χ0n) is 11.0. The molecular formula is C13H19ClN2O3. The summed E-state index contributed by atoms with van der Waals surface area (Å²) in [6.45, 7) is 4.30. The maximum Gasteiger partial charge on any atom is 0.265 e. The van der Waals surface area contributed by atoms with Gasteiger partial charge in [-0.2, -0.15) is 0 Å². The first kappa shape index (κ1) is 15.6. The highest BCUT2D eigenvalue weighted by atomic mass is 35.5. The molecule has 1 aliphatic heterocycles. The minimum Gasteiger partial charge on any atom is -0.485 e. The molecular weight excluding hydrogens is 268 g/mol. The highest BCUT2D eigenvalue weighted by molar-refractivity contribution is 5.85. The lowest BCUT2D eigenvalue weighted by atomic mass is 10.1.